The number of pyridine rings is 1. The van der Waals surface area contributed by atoms with Crippen LogP contribution in [0, 0.1) is 5.92 Å². The first-order valence-corrected chi connectivity index (χ1v) is 12.2. The molecule has 4 heteroatoms. The lowest BCUT2D eigenvalue weighted by Crippen LogP contribution is -2.41. The van der Waals surface area contributed by atoms with Crippen LogP contribution in [-0.4, -0.2) is 47.3 Å². The van der Waals surface area contributed by atoms with Crippen LogP contribution >= 0.6 is 0 Å². The molecule has 3 aromatic carbocycles. The van der Waals surface area contributed by atoms with Gasteiger partial charge in [0.2, 0.25) is 5.88 Å². The van der Waals surface area contributed by atoms with Gasteiger partial charge in [-0.25, -0.2) is 4.98 Å². The molecule has 1 unspecified atom stereocenters. The predicted octanol–water partition coefficient (Wildman–Crippen LogP) is 5.52. The van der Waals surface area contributed by atoms with Crippen molar-refractivity contribution in [3.8, 4) is 5.88 Å². The number of benzene rings is 3. The number of para-hydroxylation sites is 1. The largest absolute Gasteiger partial charge is 0.475 e. The second-order valence-corrected chi connectivity index (χ2v) is 9.24. The lowest BCUT2D eigenvalue weighted by molar-refractivity contribution is 0.0526. The van der Waals surface area contributed by atoms with E-state index in [2.05, 4.69) is 70.5 Å². The van der Waals surface area contributed by atoms with Gasteiger partial charge in [0.05, 0.1) is 5.52 Å². The van der Waals surface area contributed by atoms with Gasteiger partial charge in [-0.1, -0.05) is 78.9 Å². The van der Waals surface area contributed by atoms with Gasteiger partial charge < -0.3 is 14.7 Å². The number of rotatable bonds is 8. The molecule has 0 amide bonds. The zero-order valence-electron chi connectivity index (χ0n) is 19.5. The summed E-state index contributed by atoms with van der Waals surface area (Å²) in [4.78, 5) is 6.90. The maximum Gasteiger partial charge on any atom is 0.213 e. The highest BCUT2D eigenvalue weighted by molar-refractivity contribution is 5.78. The van der Waals surface area contributed by atoms with Gasteiger partial charge >= 0.3 is 0 Å². The fourth-order valence-electron chi connectivity index (χ4n) is 5.19. The number of β-amino-alcohol motifs (C(OH)–C–C–N with tert-alkyl or cyclic N) is 1. The third-order valence-electron chi connectivity index (χ3n) is 6.89. The van der Waals surface area contributed by atoms with Crippen LogP contribution in [0.4, 0.5) is 0 Å². The molecule has 0 bridgehead atoms. The Morgan fingerprint density at radius 1 is 0.794 bits per heavy atom. The Bertz CT molecular complexity index is 1130. The molecule has 0 aliphatic carbocycles. The van der Waals surface area contributed by atoms with Crippen LogP contribution in [0.3, 0.4) is 0 Å². The van der Waals surface area contributed by atoms with E-state index in [1.807, 2.05) is 36.4 Å². The summed E-state index contributed by atoms with van der Waals surface area (Å²) in [7, 11) is 0. The molecule has 4 nitrogen and oxygen atoms in total. The van der Waals surface area contributed by atoms with Crippen molar-refractivity contribution >= 4 is 10.9 Å². The number of hydrogen-bond acceptors (Lipinski definition) is 4. The van der Waals surface area contributed by atoms with E-state index in [4.69, 9.17) is 4.74 Å². The van der Waals surface area contributed by atoms with Gasteiger partial charge in [0, 0.05) is 23.9 Å². The molecule has 1 fully saturated rings. The molecular formula is C30H32N2O2. The summed E-state index contributed by atoms with van der Waals surface area (Å²) in [6, 6.07) is 33.6. The first-order valence-electron chi connectivity index (χ1n) is 12.2. The van der Waals surface area contributed by atoms with E-state index < -0.39 is 6.10 Å². The molecule has 0 radical (unpaired) electrons. The van der Waals surface area contributed by atoms with Gasteiger partial charge in [-0.05, 0) is 55.1 Å². The molecule has 1 atom stereocenters. The van der Waals surface area contributed by atoms with Crippen LogP contribution in [0.15, 0.2) is 97.1 Å². The summed E-state index contributed by atoms with van der Waals surface area (Å²) in [6.45, 7) is 2.86. The number of aliphatic hydroxyl groups is 1. The van der Waals surface area contributed by atoms with Gasteiger partial charge in [0.15, 0.2) is 0 Å². The van der Waals surface area contributed by atoms with Crippen LogP contribution in [0.1, 0.15) is 29.9 Å². The van der Waals surface area contributed by atoms with Gasteiger partial charge in [0.1, 0.15) is 12.7 Å². The molecule has 1 aromatic heterocycles. The summed E-state index contributed by atoms with van der Waals surface area (Å²) >= 11 is 0. The van der Waals surface area contributed by atoms with Crippen molar-refractivity contribution in [2.75, 3.05) is 26.2 Å². The van der Waals surface area contributed by atoms with Crippen molar-refractivity contribution in [1.29, 1.82) is 0 Å². The Kier molecular flexibility index (Phi) is 7.18. The average Bonchev–Trinajstić information content (AvgIpc) is 2.90. The Labute approximate surface area is 201 Å². The number of nitrogens with zero attached hydrogens (tertiary/aromatic N) is 2. The number of ether oxygens (including phenoxy) is 1. The fourth-order valence-corrected chi connectivity index (χ4v) is 5.19. The van der Waals surface area contributed by atoms with Gasteiger partial charge in [-0.3, -0.25) is 0 Å². The number of likely N-dealkylation sites (tertiary alicyclic amines) is 1. The van der Waals surface area contributed by atoms with Gasteiger partial charge in [0.25, 0.3) is 0 Å². The molecule has 0 spiro atoms. The fraction of sp³-hybridized carbons (Fsp3) is 0.300. The molecule has 34 heavy (non-hydrogen) atoms. The van der Waals surface area contributed by atoms with Crippen molar-refractivity contribution in [2.45, 2.75) is 24.9 Å². The van der Waals surface area contributed by atoms with E-state index in [0.717, 1.165) is 36.8 Å². The van der Waals surface area contributed by atoms with Crippen LogP contribution in [-0.2, 0) is 0 Å². The number of hydrogen-bond donors (Lipinski definition) is 1. The summed E-state index contributed by atoms with van der Waals surface area (Å²) < 4.78 is 5.80. The summed E-state index contributed by atoms with van der Waals surface area (Å²) in [6.07, 6.45) is 1.70. The number of fused-ring (bicyclic) bond motifs is 1. The molecule has 1 saturated heterocycles. The van der Waals surface area contributed by atoms with E-state index in [1.54, 1.807) is 0 Å². The number of aliphatic hydroxyl groups excluding tert-OH is 1. The van der Waals surface area contributed by atoms with Crippen LogP contribution < -0.4 is 4.74 Å². The van der Waals surface area contributed by atoms with Crippen molar-refractivity contribution < 1.29 is 9.84 Å². The number of piperidine rings is 1. The Morgan fingerprint density at radius 2 is 1.41 bits per heavy atom. The Balaban J connectivity index is 1.15. The molecule has 2 heterocycles. The lowest BCUT2D eigenvalue weighted by atomic mass is 9.76. The van der Waals surface area contributed by atoms with Crippen LogP contribution in [0.2, 0.25) is 0 Å². The van der Waals surface area contributed by atoms with Crippen molar-refractivity contribution in [3.63, 3.8) is 0 Å². The zero-order valence-corrected chi connectivity index (χ0v) is 19.5. The maximum absolute atomic E-state index is 10.6. The van der Waals surface area contributed by atoms with E-state index >= 15 is 0 Å². The summed E-state index contributed by atoms with van der Waals surface area (Å²) in [5.41, 5.74) is 3.69. The van der Waals surface area contributed by atoms with Crippen molar-refractivity contribution in [1.82, 2.24) is 9.88 Å². The minimum atomic E-state index is -0.538. The standard InChI is InChI=1S/C30H32N2O2/c33-27(22-34-29-16-15-23-9-7-8-14-28(23)31-29)21-32-19-17-26(18-20-32)30(24-10-3-1-4-11-24)25-12-5-2-6-13-25/h1-16,26-27,30,33H,17-22H2. The predicted molar refractivity (Wildman–Crippen MR) is 137 cm³/mol. The smallest absolute Gasteiger partial charge is 0.213 e. The summed E-state index contributed by atoms with van der Waals surface area (Å²) in [5.74, 6) is 1.57. The highest BCUT2D eigenvalue weighted by Crippen LogP contribution is 2.37. The van der Waals surface area contributed by atoms with Gasteiger partial charge in [-0.2, -0.15) is 0 Å². The average molecular weight is 453 g/mol. The molecule has 174 valence electrons. The van der Waals surface area contributed by atoms with E-state index in [1.165, 1.54) is 11.1 Å². The molecule has 5 rings (SSSR count). The third-order valence-corrected chi connectivity index (χ3v) is 6.89. The van der Waals surface area contributed by atoms with E-state index in [0.29, 0.717) is 24.3 Å². The van der Waals surface area contributed by atoms with Crippen LogP contribution in [0.25, 0.3) is 10.9 Å². The lowest BCUT2D eigenvalue weighted by Gasteiger charge is -2.37. The van der Waals surface area contributed by atoms with Crippen molar-refractivity contribution in [2.24, 2.45) is 5.92 Å². The summed E-state index contributed by atoms with van der Waals surface area (Å²) in [5, 5.41) is 11.7. The molecule has 0 saturated carbocycles. The van der Waals surface area contributed by atoms with E-state index in [9.17, 15) is 5.11 Å². The Morgan fingerprint density at radius 3 is 2.09 bits per heavy atom. The zero-order chi connectivity index (χ0) is 23.2. The second-order valence-electron chi connectivity index (χ2n) is 9.24. The maximum atomic E-state index is 10.6. The van der Waals surface area contributed by atoms with Crippen molar-refractivity contribution in [3.05, 3.63) is 108 Å². The molecule has 1 N–H and O–H groups in total. The first kappa shape index (κ1) is 22.6. The van der Waals surface area contributed by atoms with E-state index in [-0.39, 0.29) is 6.61 Å². The normalized spacial score (nSPS) is 16.1. The minimum Gasteiger partial charge on any atom is -0.475 e. The highest BCUT2D eigenvalue weighted by Gasteiger charge is 2.29. The molecular weight excluding hydrogens is 420 g/mol. The second kappa shape index (κ2) is 10.8. The Hall–Kier alpha value is -3.21. The molecule has 1 aliphatic rings. The molecule has 4 aromatic rings. The highest BCUT2D eigenvalue weighted by atomic mass is 16.5. The van der Waals surface area contributed by atoms with Gasteiger partial charge in [-0.15, -0.1) is 0 Å². The first-order chi connectivity index (χ1) is 16.8. The monoisotopic (exact) mass is 452 g/mol. The topological polar surface area (TPSA) is 45.6 Å². The number of aromatic nitrogens is 1. The van der Waals surface area contributed by atoms with Crippen LogP contribution in [0.5, 0.6) is 5.88 Å². The minimum absolute atomic E-state index is 0.252. The third kappa shape index (κ3) is 5.46. The quantitative estimate of drug-likeness (QED) is 0.382. The SMILES string of the molecule is OC(COc1ccc2ccccc2n1)CN1CCC(C(c2ccccc2)c2ccccc2)CC1. The molecule has 1 aliphatic heterocycles.